The van der Waals surface area contributed by atoms with Gasteiger partial charge in [-0.3, -0.25) is 10.1 Å². The SMILES string of the molecule is CC(=O)Nc1nc2cnc(N(C)c3ccc(F)c(NC(=O)O)c3)nc2s1. The van der Waals surface area contributed by atoms with Crippen LogP contribution in [0.4, 0.5) is 31.6 Å². The first-order valence-corrected chi connectivity index (χ1v) is 8.09. The number of carbonyl (C=O) groups is 2. The van der Waals surface area contributed by atoms with Crippen molar-refractivity contribution in [3.8, 4) is 0 Å². The van der Waals surface area contributed by atoms with Crippen LogP contribution in [0.2, 0.25) is 0 Å². The Morgan fingerprint density at radius 2 is 2.04 bits per heavy atom. The maximum atomic E-state index is 13.7. The zero-order valence-electron chi connectivity index (χ0n) is 13.6. The number of hydrogen-bond acceptors (Lipinski definition) is 7. The standard InChI is InChI=1S/C15H13FN6O3S/c1-7(23)18-14-19-11-6-17-13(21-12(11)26-14)22(2)8-3-4-9(16)10(5-8)20-15(24)25/h3-6,20H,1-2H3,(H,24,25)(H,18,19,23). The minimum atomic E-state index is -1.36. The second-order valence-corrected chi connectivity index (χ2v) is 6.19. The van der Waals surface area contributed by atoms with Crippen LogP contribution in [0, 0.1) is 5.82 Å². The number of hydrogen-bond donors (Lipinski definition) is 3. The number of carbonyl (C=O) groups excluding carboxylic acids is 1. The fourth-order valence-corrected chi connectivity index (χ4v) is 2.99. The summed E-state index contributed by atoms with van der Waals surface area (Å²) in [5.41, 5.74) is 0.845. The Hall–Kier alpha value is -3.34. The molecule has 0 unspecified atom stereocenters. The summed E-state index contributed by atoms with van der Waals surface area (Å²) in [5, 5.41) is 13.8. The van der Waals surface area contributed by atoms with Gasteiger partial charge in [0, 0.05) is 19.7 Å². The van der Waals surface area contributed by atoms with E-state index in [9.17, 15) is 14.0 Å². The van der Waals surface area contributed by atoms with Crippen molar-refractivity contribution in [1.82, 2.24) is 15.0 Å². The summed E-state index contributed by atoms with van der Waals surface area (Å²) in [6.07, 6.45) is 0.146. The molecule has 11 heteroatoms. The van der Waals surface area contributed by atoms with E-state index in [1.54, 1.807) is 11.9 Å². The lowest BCUT2D eigenvalue weighted by molar-refractivity contribution is -0.114. The van der Waals surface area contributed by atoms with Crippen LogP contribution in [0.5, 0.6) is 0 Å². The number of benzene rings is 1. The normalized spacial score (nSPS) is 10.6. The molecular weight excluding hydrogens is 363 g/mol. The molecule has 0 spiro atoms. The van der Waals surface area contributed by atoms with Gasteiger partial charge in [-0.2, -0.15) is 4.98 Å². The summed E-state index contributed by atoms with van der Waals surface area (Å²) < 4.78 is 13.7. The van der Waals surface area contributed by atoms with Gasteiger partial charge in [0.1, 0.15) is 11.3 Å². The molecule has 134 valence electrons. The van der Waals surface area contributed by atoms with Crippen LogP contribution < -0.4 is 15.5 Å². The zero-order valence-corrected chi connectivity index (χ0v) is 14.5. The van der Waals surface area contributed by atoms with Gasteiger partial charge in [0.15, 0.2) is 9.96 Å². The van der Waals surface area contributed by atoms with Crippen LogP contribution >= 0.6 is 11.3 Å². The average Bonchev–Trinajstić information content (AvgIpc) is 2.96. The number of anilines is 4. The highest BCUT2D eigenvalue weighted by Gasteiger charge is 2.14. The number of carboxylic acid groups (broad SMARTS) is 1. The molecule has 0 saturated heterocycles. The van der Waals surface area contributed by atoms with Gasteiger partial charge in [-0.05, 0) is 18.2 Å². The number of nitrogens with zero attached hydrogens (tertiary/aromatic N) is 4. The molecule has 0 saturated carbocycles. The fraction of sp³-hybridized carbons (Fsp3) is 0.133. The predicted octanol–water partition coefficient (Wildman–Crippen LogP) is 3.04. The number of rotatable bonds is 4. The van der Waals surface area contributed by atoms with Gasteiger partial charge < -0.3 is 15.3 Å². The molecule has 2 heterocycles. The third-order valence-corrected chi connectivity index (χ3v) is 4.18. The smallest absolute Gasteiger partial charge is 0.409 e. The number of fused-ring (bicyclic) bond motifs is 1. The van der Waals surface area contributed by atoms with Crippen LogP contribution in [-0.2, 0) is 4.79 Å². The van der Waals surface area contributed by atoms with Crippen molar-refractivity contribution in [3.05, 3.63) is 30.2 Å². The number of halogens is 1. The minimum Gasteiger partial charge on any atom is -0.465 e. The van der Waals surface area contributed by atoms with E-state index >= 15 is 0 Å². The Labute approximate surface area is 150 Å². The van der Waals surface area contributed by atoms with Gasteiger partial charge in [-0.15, -0.1) is 0 Å². The molecule has 26 heavy (non-hydrogen) atoms. The average molecular weight is 376 g/mol. The Morgan fingerprint density at radius 1 is 1.27 bits per heavy atom. The molecule has 0 bridgehead atoms. The predicted molar refractivity (Wildman–Crippen MR) is 95.6 cm³/mol. The summed E-state index contributed by atoms with van der Waals surface area (Å²) in [7, 11) is 1.66. The van der Waals surface area contributed by atoms with Crippen molar-refractivity contribution in [3.63, 3.8) is 0 Å². The highest BCUT2D eigenvalue weighted by atomic mass is 32.1. The van der Waals surface area contributed by atoms with E-state index in [4.69, 9.17) is 5.11 Å². The van der Waals surface area contributed by atoms with Crippen LogP contribution in [0.25, 0.3) is 10.3 Å². The van der Waals surface area contributed by atoms with Crippen molar-refractivity contribution < 1.29 is 19.1 Å². The van der Waals surface area contributed by atoms with Crippen LogP contribution in [0.3, 0.4) is 0 Å². The van der Waals surface area contributed by atoms with Gasteiger partial charge in [-0.1, -0.05) is 11.3 Å². The first-order valence-electron chi connectivity index (χ1n) is 7.28. The van der Waals surface area contributed by atoms with E-state index in [0.29, 0.717) is 27.1 Å². The van der Waals surface area contributed by atoms with E-state index in [-0.39, 0.29) is 11.6 Å². The highest BCUT2D eigenvalue weighted by molar-refractivity contribution is 7.21. The molecule has 0 radical (unpaired) electrons. The molecule has 3 aromatic rings. The molecule has 9 nitrogen and oxygen atoms in total. The topological polar surface area (TPSA) is 120 Å². The van der Waals surface area contributed by atoms with Crippen molar-refractivity contribution >= 4 is 56.1 Å². The van der Waals surface area contributed by atoms with Gasteiger partial charge in [0.2, 0.25) is 11.9 Å². The Kier molecular flexibility index (Phi) is 4.63. The lowest BCUT2D eigenvalue weighted by atomic mass is 10.2. The summed E-state index contributed by atoms with van der Waals surface area (Å²) in [6, 6.07) is 3.97. The van der Waals surface area contributed by atoms with E-state index < -0.39 is 11.9 Å². The number of thiazole rings is 1. The summed E-state index contributed by atoms with van der Waals surface area (Å²) in [4.78, 5) is 36.8. The third-order valence-electron chi connectivity index (χ3n) is 3.30. The monoisotopic (exact) mass is 376 g/mol. The summed E-state index contributed by atoms with van der Waals surface area (Å²) in [5.74, 6) is -0.620. The van der Waals surface area contributed by atoms with Crippen molar-refractivity contribution in [1.29, 1.82) is 0 Å². The third kappa shape index (κ3) is 3.67. The molecule has 1 aromatic carbocycles. The van der Waals surface area contributed by atoms with Crippen LogP contribution in [-0.4, -0.2) is 39.1 Å². The second-order valence-electron chi connectivity index (χ2n) is 5.21. The molecule has 0 atom stereocenters. The highest BCUT2D eigenvalue weighted by Crippen LogP contribution is 2.29. The number of aromatic nitrogens is 3. The van der Waals surface area contributed by atoms with Crippen LogP contribution in [0.15, 0.2) is 24.4 Å². The largest absolute Gasteiger partial charge is 0.465 e. The summed E-state index contributed by atoms with van der Waals surface area (Å²) >= 11 is 1.20. The quantitative estimate of drug-likeness (QED) is 0.640. The first kappa shape index (κ1) is 17.5. The van der Waals surface area contributed by atoms with Gasteiger partial charge >= 0.3 is 6.09 Å². The van der Waals surface area contributed by atoms with E-state index in [2.05, 4.69) is 20.3 Å². The van der Waals surface area contributed by atoms with Gasteiger partial charge in [0.05, 0.1) is 11.9 Å². The molecule has 0 fully saturated rings. The molecule has 0 aliphatic rings. The van der Waals surface area contributed by atoms with Gasteiger partial charge in [-0.25, -0.2) is 19.2 Å². The molecular formula is C15H13FN6O3S. The molecule has 2 amide bonds. The molecule has 0 aliphatic heterocycles. The molecule has 2 aromatic heterocycles. The van der Waals surface area contributed by atoms with Crippen LogP contribution in [0.1, 0.15) is 6.92 Å². The second kappa shape index (κ2) is 6.88. The minimum absolute atomic E-state index is 0.173. The van der Waals surface area contributed by atoms with E-state index in [1.165, 1.54) is 36.6 Å². The number of amides is 2. The Morgan fingerprint density at radius 3 is 2.73 bits per heavy atom. The first-order chi connectivity index (χ1) is 12.3. The number of nitrogens with one attached hydrogen (secondary N) is 2. The van der Waals surface area contributed by atoms with Crippen molar-refractivity contribution in [2.75, 3.05) is 22.6 Å². The fourth-order valence-electron chi connectivity index (χ4n) is 2.14. The van der Waals surface area contributed by atoms with E-state index in [1.807, 2.05) is 5.32 Å². The lowest BCUT2D eigenvalue weighted by Crippen LogP contribution is -2.14. The molecule has 0 aliphatic carbocycles. The Balaban J connectivity index is 1.92. The van der Waals surface area contributed by atoms with Crippen molar-refractivity contribution in [2.45, 2.75) is 6.92 Å². The Bertz CT molecular complexity index is 1010. The van der Waals surface area contributed by atoms with E-state index in [0.717, 1.165) is 6.07 Å². The lowest BCUT2D eigenvalue weighted by Gasteiger charge is -2.18. The maximum absolute atomic E-state index is 13.7. The maximum Gasteiger partial charge on any atom is 0.409 e. The van der Waals surface area contributed by atoms with Crippen molar-refractivity contribution in [2.24, 2.45) is 0 Å². The van der Waals surface area contributed by atoms with Gasteiger partial charge in [0.25, 0.3) is 0 Å². The molecule has 3 N–H and O–H groups in total. The zero-order chi connectivity index (χ0) is 18.8. The molecule has 3 rings (SSSR count). The summed E-state index contributed by atoms with van der Waals surface area (Å²) in [6.45, 7) is 1.38.